The van der Waals surface area contributed by atoms with Crippen LogP contribution in [0.15, 0.2) is 42.6 Å². The topological polar surface area (TPSA) is 101 Å². The Morgan fingerprint density at radius 1 is 1.20 bits per heavy atom. The molecule has 1 fully saturated rings. The Kier molecular flexibility index (Phi) is 5.45. The number of halogens is 1. The van der Waals surface area contributed by atoms with E-state index in [1.807, 2.05) is 30.3 Å². The number of aromatic amines is 1. The average molecular weight is 490 g/mol. The van der Waals surface area contributed by atoms with Gasteiger partial charge in [-0.25, -0.2) is 4.98 Å². The summed E-state index contributed by atoms with van der Waals surface area (Å²) in [6.07, 6.45) is 4.85. The molecule has 4 aromatic rings. The molecule has 1 aromatic carbocycles. The monoisotopic (exact) mass is 489 g/mol. The van der Waals surface area contributed by atoms with E-state index in [0.29, 0.717) is 64.6 Å². The zero-order valence-corrected chi connectivity index (χ0v) is 19.9. The molecule has 35 heavy (non-hydrogen) atoms. The van der Waals surface area contributed by atoms with Gasteiger partial charge in [-0.1, -0.05) is 17.7 Å². The van der Waals surface area contributed by atoms with Crippen LogP contribution >= 0.6 is 11.6 Å². The zero-order chi connectivity index (χ0) is 23.9. The summed E-state index contributed by atoms with van der Waals surface area (Å²) < 4.78 is 11.5. The first kappa shape index (κ1) is 21.7. The lowest BCUT2D eigenvalue weighted by Crippen LogP contribution is -2.31. The maximum atomic E-state index is 13.0. The number of ether oxygens (including phenoxy) is 2. The molecule has 6 rings (SSSR count). The summed E-state index contributed by atoms with van der Waals surface area (Å²) in [6, 6.07) is 11.1. The van der Waals surface area contributed by atoms with E-state index < -0.39 is 0 Å². The smallest absolute Gasteiger partial charge is 0.255 e. The molecule has 0 radical (unpaired) electrons. The van der Waals surface area contributed by atoms with Gasteiger partial charge in [-0.15, -0.1) is 0 Å². The van der Waals surface area contributed by atoms with Crippen LogP contribution in [0.3, 0.4) is 0 Å². The second kappa shape index (κ2) is 8.78. The summed E-state index contributed by atoms with van der Waals surface area (Å²) >= 11 is 6.37. The predicted molar refractivity (Wildman–Crippen MR) is 135 cm³/mol. The summed E-state index contributed by atoms with van der Waals surface area (Å²) in [5.74, 6) is 1.55. The van der Waals surface area contributed by atoms with Gasteiger partial charge < -0.3 is 25.1 Å². The first-order chi connectivity index (χ1) is 17.1. The van der Waals surface area contributed by atoms with Crippen molar-refractivity contribution in [1.29, 1.82) is 0 Å². The molecule has 9 heteroatoms. The minimum Gasteiger partial charge on any atom is -0.493 e. The molecule has 8 nitrogen and oxygen atoms in total. The van der Waals surface area contributed by atoms with Gasteiger partial charge in [0.2, 0.25) is 5.88 Å². The van der Waals surface area contributed by atoms with E-state index in [1.165, 1.54) is 12.8 Å². The van der Waals surface area contributed by atoms with Gasteiger partial charge in [-0.3, -0.25) is 9.78 Å². The lowest BCUT2D eigenvalue weighted by Gasteiger charge is -2.17. The Morgan fingerprint density at radius 2 is 2.09 bits per heavy atom. The van der Waals surface area contributed by atoms with Crippen LogP contribution < -0.4 is 20.1 Å². The summed E-state index contributed by atoms with van der Waals surface area (Å²) in [6.45, 7) is 1.24. The predicted octanol–water partition coefficient (Wildman–Crippen LogP) is 5.11. The number of nitrogens with zero attached hydrogens (tertiary/aromatic N) is 2. The number of para-hydroxylation sites is 1. The van der Waals surface area contributed by atoms with Gasteiger partial charge in [-0.05, 0) is 43.0 Å². The van der Waals surface area contributed by atoms with E-state index in [2.05, 4.69) is 20.6 Å². The maximum Gasteiger partial charge on any atom is 0.255 e. The highest BCUT2D eigenvalue weighted by atomic mass is 35.5. The number of hydrogen-bond donors (Lipinski definition) is 3. The Labute approximate surface area is 207 Å². The van der Waals surface area contributed by atoms with Crippen LogP contribution in [0.2, 0.25) is 5.02 Å². The Bertz CT molecular complexity index is 1450. The zero-order valence-electron chi connectivity index (χ0n) is 19.2. The third kappa shape index (κ3) is 4.04. The number of pyridine rings is 2. The van der Waals surface area contributed by atoms with Crippen LogP contribution in [-0.4, -0.2) is 41.1 Å². The van der Waals surface area contributed by atoms with Crippen LogP contribution in [0.1, 0.15) is 28.9 Å². The van der Waals surface area contributed by atoms with Crippen LogP contribution in [0.5, 0.6) is 11.6 Å². The molecule has 0 atom stereocenters. The van der Waals surface area contributed by atoms with Crippen molar-refractivity contribution in [2.24, 2.45) is 5.92 Å². The molecule has 178 valence electrons. The van der Waals surface area contributed by atoms with Gasteiger partial charge >= 0.3 is 0 Å². The van der Waals surface area contributed by atoms with Gasteiger partial charge in [0.15, 0.2) is 5.75 Å². The fourth-order valence-corrected chi connectivity index (χ4v) is 4.68. The third-order valence-electron chi connectivity index (χ3n) is 6.39. The van der Waals surface area contributed by atoms with Gasteiger partial charge in [0.1, 0.15) is 5.52 Å². The molecule has 3 aromatic heterocycles. The fourth-order valence-electron chi connectivity index (χ4n) is 4.43. The number of benzene rings is 1. The van der Waals surface area contributed by atoms with Crippen molar-refractivity contribution in [1.82, 2.24) is 20.3 Å². The van der Waals surface area contributed by atoms with Gasteiger partial charge in [0.05, 0.1) is 46.9 Å². The second-order valence-corrected chi connectivity index (χ2v) is 9.22. The van der Waals surface area contributed by atoms with Crippen molar-refractivity contribution in [3.05, 3.63) is 58.9 Å². The minimum absolute atomic E-state index is 0.142. The highest BCUT2D eigenvalue weighted by Gasteiger charge is 2.29. The minimum atomic E-state index is -0.142. The standard InChI is InChI=1S/C26H24ClN5O3/c1-34-25-16(27)3-2-4-19(25)31-24-21-17(10-12-29-26(21)33)30-23(24)15-9-11-28-18-7-8-20(32-22(15)18)35-13-14-5-6-14/h2-4,7-9,11,14,30-31H,5-6,10,12-13H2,1H3,(H,29,33). The van der Waals surface area contributed by atoms with Gasteiger partial charge in [-0.2, -0.15) is 0 Å². The normalized spacial score (nSPS) is 15.0. The number of rotatable bonds is 7. The van der Waals surface area contributed by atoms with E-state index in [4.69, 9.17) is 26.1 Å². The first-order valence-corrected chi connectivity index (χ1v) is 12.0. The summed E-state index contributed by atoms with van der Waals surface area (Å²) in [7, 11) is 1.57. The summed E-state index contributed by atoms with van der Waals surface area (Å²) in [4.78, 5) is 25.7. The number of nitrogens with one attached hydrogen (secondary N) is 3. The number of amides is 1. The van der Waals surface area contributed by atoms with Crippen molar-refractivity contribution >= 4 is 39.9 Å². The molecular weight excluding hydrogens is 466 g/mol. The molecular formula is C26H24ClN5O3. The van der Waals surface area contributed by atoms with E-state index in [1.54, 1.807) is 19.4 Å². The number of fused-ring (bicyclic) bond motifs is 2. The molecule has 0 spiro atoms. The van der Waals surface area contributed by atoms with E-state index in [-0.39, 0.29) is 5.91 Å². The number of aromatic nitrogens is 3. The number of hydrogen-bond acceptors (Lipinski definition) is 6. The number of carbonyl (C=O) groups excluding carboxylic acids is 1. The molecule has 1 aliphatic carbocycles. The van der Waals surface area contributed by atoms with Crippen LogP contribution in [0.4, 0.5) is 11.4 Å². The third-order valence-corrected chi connectivity index (χ3v) is 6.69. The highest BCUT2D eigenvalue weighted by Crippen LogP contribution is 2.42. The summed E-state index contributed by atoms with van der Waals surface area (Å²) in [5, 5.41) is 6.83. The number of anilines is 2. The van der Waals surface area contributed by atoms with Crippen molar-refractivity contribution in [2.45, 2.75) is 19.3 Å². The maximum absolute atomic E-state index is 13.0. The Morgan fingerprint density at radius 3 is 2.91 bits per heavy atom. The molecule has 4 heterocycles. The number of H-pyrrole nitrogens is 1. The lowest BCUT2D eigenvalue weighted by molar-refractivity contribution is 0.0947. The van der Waals surface area contributed by atoms with E-state index in [9.17, 15) is 4.79 Å². The first-order valence-electron chi connectivity index (χ1n) is 11.6. The molecule has 2 aliphatic rings. The van der Waals surface area contributed by atoms with Crippen LogP contribution in [0, 0.1) is 5.92 Å². The molecule has 0 bridgehead atoms. The number of methoxy groups -OCH3 is 1. The molecule has 0 unspecified atom stereocenters. The molecule has 1 amide bonds. The molecule has 0 saturated heterocycles. The largest absolute Gasteiger partial charge is 0.493 e. The van der Waals surface area contributed by atoms with E-state index >= 15 is 0 Å². The van der Waals surface area contributed by atoms with Crippen molar-refractivity contribution in [3.8, 4) is 22.9 Å². The molecule has 3 N–H and O–H groups in total. The second-order valence-electron chi connectivity index (χ2n) is 8.81. The number of carbonyl (C=O) groups is 1. The molecule has 1 saturated carbocycles. The Balaban J connectivity index is 1.51. The van der Waals surface area contributed by atoms with E-state index in [0.717, 1.165) is 22.5 Å². The highest BCUT2D eigenvalue weighted by molar-refractivity contribution is 6.32. The van der Waals surface area contributed by atoms with Crippen LogP contribution in [0.25, 0.3) is 22.3 Å². The Hall–Kier alpha value is -3.78. The van der Waals surface area contributed by atoms with Crippen LogP contribution in [-0.2, 0) is 6.42 Å². The van der Waals surface area contributed by atoms with Gasteiger partial charge in [0, 0.05) is 36.5 Å². The average Bonchev–Trinajstić information content (AvgIpc) is 3.63. The van der Waals surface area contributed by atoms with Crippen molar-refractivity contribution in [2.75, 3.05) is 25.6 Å². The van der Waals surface area contributed by atoms with Gasteiger partial charge in [0.25, 0.3) is 5.91 Å². The quantitative estimate of drug-likeness (QED) is 0.333. The summed E-state index contributed by atoms with van der Waals surface area (Å²) in [5.41, 5.74) is 5.71. The van der Waals surface area contributed by atoms with Crippen molar-refractivity contribution < 1.29 is 14.3 Å². The molecule has 1 aliphatic heterocycles. The fraction of sp³-hybridized carbons (Fsp3) is 0.269. The lowest BCUT2D eigenvalue weighted by atomic mass is 10.0. The van der Waals surface area contributed by atoms with Crippen molar-refractivity contribution in [3.63, 3.8) is 0 Å². The SMILES string of the molecule is COc1c(Cl)cccc1Nc1c(-c2ccnc3ccc(OCC4CC4)nc23)[nH]c2c1C(=O)NCC2.